The molecule has 0 unspecified atom stereocenters. The van der Waals surface area contributed by atoms with E-state index in [-0.39, 0.29) is 0 Å². The summed E-state index contributed by atoms with van der Waals surface area (Å²) in [7, 11) is 2.96. The Labute approximate surface area is 112 Å². The Morgan fingerprint density at radius 2 is 1.58 bits per heavy atom. The van der Waals surface area contributed by atoms with E-state index in [1.165, 1.54) is 34.1 Å². The summed E-state index contributed by atoms with van der Waals surface area (Å²) < 4.78 is 10.3. The first kappa shape index (κ1) is 15.0. The fourth-order valence-electron chi connectivity index (χ4n) is 1.66. The maximum Gasteiger partial charge on any atom is 0.316 e. The van der Waals surface area contributed by atoms with Gasteiger partial charge < -0.3 is 14.6 Å². The van der Waals surface area contributed by atoms with Crippen molar-refractivity contribution in [1.82, 2.24) is 0 Å². The first-order chi connectivity index (χ1) is 8.75. The van der Waals surface area contributed by atoms with Gasteiger partial charge in [0.1, 0.15) is 5.41 Å². The second kappa shape index (κ2) is 5.30. The monoisotopic (exact) mass is 266 g/mol. The average molecular weight is 266 g/mol. The number of ether oxygens (including phenoxy) is 2. The minimum absolute atomic E-state index is 0.324. The summed E-state index contributed by atoms with van der Waals surface area (Å²) in [6, 6.07) is 3.17. The summed E-state index contributed by atoms with van der Waals surface area (Å²) in [6.07, 6.45) is 0. The van der Waals surface area contributed by atoms with E-state index in [1.807, 2.05) is 0 Å². The van der Waals surface area contributed by atoms with E-state index >= 15 is 0 Å². The molecule has 0 atom stereocenters. The molecule has 19 heavy (non-hydrogen) atoms. The zero-order valence-electron chi connectivity index (χ0n) is 11.7. The highest BCUT2D eigenvalue weighted by atomic mass is 16.5. The number of aryl methyl sites for hydroxylation is 1. The molecule has 0 aliphatic heterocycles. The van der Waals surface area contributed by atoms with Crippen LogP contribution < -0.4 is 9.47 Å². The zero-order chi connectivity index (χ0) is 14.8. The largest absolute Gasteiger partial charge is 0.493 e. The molecule has 104 valence electrons. The molecule has 1 aromatic carbocycles. The number of hydrogen-bond acceptors (Lipinski definition) is 4. The minimum Gasteiger partial charge on any atom is -0.493 e. The van der Waals surface area contributed by atoms with E-state index in [2.05, 4.69) is 0 Å². The number of ketones is 1. The van der Waals surface area contributed by atoms with Gasteiger partial charge in [-0.15, -0.1) is 0 Å². The Morgan fingerprint density at radius 3 is 2.00 bits per heavy atom. The summed E-state index contributed by atoms with van der Waals surface area (Å²) in [5, 5.41) is 9.11. The summed E-state index contributed by atoms with van der Waals surface area (Å²) >= 11 is 0. The quantitative estimate of drug-likeness (QED) is 0.654. The number of benzene rings is 1. The van der Waals surface area contributed by atoms with E-state index in [0.717, 1.165) is 0 Å². The SMILES string of the molecule is COc1cc(C)c(C(=O)C(C)(C)C(=O)O)cc1OC. The number of Topliss-reactive ketones (excluding diaryl/α,β-unsaturated/α-hetero) is 1. The first-order valence-electron chi connectivity index (χ1n) is 5.76. The van der Waals surface area contributed by atoms with Crippen LogP contribution in [0, 0.1) is 12.3 Å². The molecule has 0 bridgehead atoms. The summed E-state index contributed by atoms with van der Waals surface area (Å²) in [5.41, 5.74) is -0.508. The maximum atomic E-state index is 12.3. The standard InChI is InChI=1S/C14H18O5/c1-8-6-10(18-4)11(19-5)7-9(8)12(15)14(2,3)13(16)17/h6-7H,1-5H3,(H,16,17). The summed E-state index contributed by atoms with van der Waals surface area (Å²) in [6.45, 7) is 4.49. The highest BCUT2D eigenvalue weighted by molar-refractivity contribution is 6.12. The van der Waals surface area contributed by atoms with Gasteiger partial charge >= 0.3 is 5.97 Å². The van der Waals surface area contributed by atoms with Gasteiger partial charge in [0.05, 0.1) is 14.2 Å². The molecule has 0 saturated heterocycles. The number of carboxylic acids is 1. The number of rotatable bonds is 5. The molecule has 1 aromatic rings. The average Bonchev–Trinajstić information content (AvgIpc) is 2.37. The van der Waals surface area contributed by atoms with Crippen LogP contribution in [0.15, 0.2) is 12.1 Å². The Morgan fingerprint density at radius 1 is 1.11 bits per heavy atom. The maximum absolute atomic E-state index is 12.3. The lowest BCUT2D eigenvalue weighted by Crippen LogP contribution is -2.33. The minimum atomic E-state index is -1.48. The van der Waals surface area contributed by atoms with Crippen LogP contribution in [0.5, 0.6) is 11.5 Å². The highest BCUT2D eigenvalue weighted by Gasteiger charge is 2.37. The number of carbonyl (C=O) groups is 2. The molecular weight excluding hydrogens is 248 g/mol. The Balaban J connectivity index is 3.36. The van der Waals surface area contributed by atoms with Crippen LogP contribution in [0.25, 0.3) is 0 Å². The van der Waals surface area contributed by atoms with Crippen molar-refractivity contribution in [3.05, 3.63) is 23.3 Å². The second-order valence-electron chi connectivity index (χ2n) is 4.78. The van der Waals surface area contributed by atoms with Crippen molar-refractivity contribution in [1.29, 1.82) is 0 Å². The third-order valence-corrected chi connectivity index (χ3v) is 3.08. The molecule has 0 saturated carbocycles. The van der Waals surface area contributed by atoms with Crippen LogP contribution in [0.2, 0.25) is 0 Å². The Bertz CT molecular complexity index is 517. The fraction of sp³-hybridized carbons (Fsp3) is 0.429. The number of carboxylic acid groups (broad SMARTS) is 1. The molecule has 1 N–H and O–H groups in total. The summed E-state index contributed by atoms with van der Waals surface area (Å²) in [5.74, 6) is -0.715. The van der Waals surface area contributed by atoms with Gasteiger partial charge in [-0.2, -0.15) is 0 Å². The molecule has 0 amide bonds. The Hall–Kier alpha value is -2.04. The predicted octanol–water partition coefficient (Wildman–Crippen LogP) is 2.31. The van der Waals surface area contributed by atoms with Crippen LogP contribution in [0.1, 0.15) is 29.8 Å². The van der Waals surface area contributed by atoms with Crippen molar-refractivity contribution in [2.75, 3.05) is 14.2 Å². The molecule has 1 rings (SSSR count). The van der Waals surface area contributed by atoms with Crippen LogP contribution >= 0.6 is 0 Å². The molecule has 0 heterocycles. The molecular formula is C14H18O5. The van der Waals surface area contributed by atoms with Crippen molar-refractivity contribution in [3.8, 4) is 11.5 Å². The van der Waals surface area contributed by atoms with E-state index < -0.39 is 17.2 Å². The predicted molar refractivity (Wildman–Crippen MR) is 70.0 cm³/mol. The molecule has 5 nitrogen and oxygen atoms in total. The van der Waals surface area contributed by atoms with Crippen molar-refractivity contribution >= 4 is 11.8 Å². The second-order valence-corrected chi connectivity index (χ2v) is 4.78. The van der Waals surface area contributed by atoms with Crippen LogP contribution in [0.3, 0.4) is 0 Å². The molecule has 0 spiro atoms. The number of aliphatic carboxylic acids is 1. The third kappa shape index (κ3) is 2.70. The van der Waals surface area contributed by atoms with Gasteiger partial charge in [0.15, 0.2) is 17.3 Å². The molecule has 0 aliphatic carbocycles. The van der Waals surface area contributed by atoms with Crippen LogP contribution in [-0.4, -0.2) is 31.1 Å². The zero-order valence-corrected chi connectivity index (χ0v) is 11.7. The lowest BCUT2D eigenvalue weighted by Gasteiger charge is -2.20. The lowest BCUT2D eigenvalue weighted by atomic mass is 9.83. The third-order valence-electron chi connectivity index (χ3n) is 3.08. The van der Waals surface area contributed by atoms with Gasteiger partial charge in [0, 0.05) is 5.56 Å². The normalized spacial score (nSPS) is 11.0. The van der Waals surface area contributed by atoms with Crippen molar-refractivity contribution < 1.29 is 24.2 Å². The Kier molecular flexibility index (Phi) is 4.19. The van der Waals surface area contributed by atoms with Crippen molar-refractivity contribution in [2.24, 2.45) is 5.41 Å². The smallest absolute Gasteiger partial charge is 0.316 e. The van der Waals surface area contributed by atoms with Crippen molar-refractivity contribution in [2.45, 2.75) is 20.8 Å². The molecule has 0 aliphatic rings. The molecule has 0 radical (unpaired) electrons. The molecule has 0 fully saturated rings. The lowest BCUT2D eigenvalue weighted by molar-refractivity contribution is -0.144. The molecule has 5 heteroatoms. The van der Waals surface area contributed by atoms with Gasteiger partial charge in [0.25, 0.3) is 0 Å². The van der Waals surface area contributed by atoms with E-state index in [4.69, 9.17) is 14.6 Å². The summed E-state index contributed by atoms with van der Waals surface area (Å²) in [4.78, 5) is 23.5. The highest BCUT2D eigenvalue weighted by Crippen LogP contribution is 2.33. The van der Waals surface area contributed by atoms with Crippen molar-refractivity contribution in [3.63, 3.8) is 0 Å². The van der Waals surface area contributed by atoms with Crippen LogP contribution in [0.4, 0.5) is 0 Å². The topological polar surface area (TPSA) is 72.8 Å². The number of methoxy groups -OCH3 is 2. The number of carbonyl (C=O) groups excluding carboxylic acids is 1. The van der Waals surface area contributed by atoms with Gasteiger partial charge in [-0.05, 0) is 38.5 Å². The first-order valence-corrected chi connectivity index (χ1v) is 5.76. The van der Waals surface area contributed by atoms with Gasteiger partial charge in [-0.1, -0.05) is 0 Å². The molecule has 0 aromatic heterocycles. The van der Waals surface area contributed by atoms with Gasteiger partial charge in [-0.25, -0.2) is 0 Å². The van der Waals surface area contributed by atoms with Gasteiger partial charge in [0.2, 0.25) is 0 Å². The van der Waals surface area contributed by atoms with Crippen LogP contribution in [-0.2, 0) is 4.79 Å². The van der Waals surface area contributed by atoms with E-state index in [1.54, 1.807) is 13.0 Å². The van der Waals surface area contributed by atoms with E-state index in [9.17, 15) is 9.59 Å². The fourth-order valence-corrected chi connectivity index (χ4v) is 1.66. The van der Waals surface area contributed by atoms with Gasteiger partial charge in [-0.3, -0.25) is 9.59 Å². The van der Waals surface area contributed by atoms with E-state index in [0.29, 0.717) is 22.6 Å². The number of hydrogen-bond donors (Lipinski definition) is 1.